The predicted molar refractivity (Wildman–Crippen MR) is 144 cm³/mol. The standard InChI is InChI=1S/C29H37N3O8/c1-4-13(5-2)32-8-6-7-17(32)14-11-18(33)20-15(25(14)40-3)9-12-10-16-22(30)24(35)21(28(31)38)27(37)29(16,39)26(36)19(12)23(20)34/h11-13,16-17,22,33,35-36,39H,4-10,30H2,1-3H3,(H2,31,38)/t12-,16-,17-,22-,29-/m0/s1. The fraction of sp³-hybridized carbons (Fsp3) is 0.552. The summed E-state index contributed by atoms with van der Waals surface area (Å²) in [7, 11) is 1.52. The number of aliphatic hydroxyl groups excluding tert-OH is 2. The van der Waals surface area contributed by atoms with Crippen molar-refractivity contribution in [3.05, 3.63) is 45.4 Å². The fourth-order valence-corrected chi connectivity index (χ4v) is 7.60. The topological polar surface area (TPSA) is 197 Å². The minimum atomic E-state index is -2.73. The number of amides is 1. The van der Waals surface area contributed by atoms with Gasteiger partial charge in [0.15, 0.2) is 11.4 Å². The molecular formula is C29H37N3O8. The highest BCUT2D eigenvalue weighted by Gasteiger charge is 2.62. The van der Waals surface area contributed by atoms with Gasteiger partial charge in [0.2, 0.25) is 5.78 Å². The Morgan fingerprint density at radius 1 is 1.23 bits per heavy atom. The number of likely N-dealkylation sites (tertiary alicyclic amines) is 1. The molecule has 11 nitrogen and oxygen atoms in total. The summed E-state index contributed by atoms with van der Waals surface area (Å²) in [6.45, 7) is 5.21. The molecule has 0 radical (unpaired) electrons. The number of nitrogens with zero attached hydrogens (tertiary/aromatic N) is 1. The van der Waals surface area contributed by atoms with Crippen molar-refractivity contribution in [1.29, 1.82) is 0 Å². The Morgan fingerprint density at radius 3 is 2.50 bits per heavy atom. The van der Waals surface area contributed by atoms with Crippen LogP contribution in [0.1, 0.15) is 73.5 Å². The molecule has 1 amide bonds. The maximum Gasteiger partial charge on any atom is 0.255 e. The van der Waals surface area contributed by atoms with Crippen LogP contribution in [0.25, 0.3) is 0 Å². The molecule has 1 aliphatic heterocycles. The highest BCUT2D eigenvalue weighted by Crippen LogP contribution is 2.53. The van der Waals surface area contributed by atoms with Crippen LogP contribution in [0.2, 0.25) is 0 Å². The Balaban J connectivity index is 1.65. The number of allylic oxidation sites excluding steroid dienone is 1. The van der Waals surface area contributed by atoms with Crippen molar-refractivity contribution in [2.75, 3.05) is 13.7 Å². The van der Waals surface area contributed by atoms with Gasteiger partial charge >= 0.3 is 0 Å². The molecule has 0 bridgehead atoms. The Hall–Kier alpha value is -3.41. The number of aliphatic hydroxyl groups is 3. The van der Waals surface area contributed by atoms with Crippen LogP contribution in [0.5, 0.6) is 11.5 Å². The van der Waals surface area contributed by atoms with E-state index < -0.39 is 58.0 Å². The molecule has 0 spiro atoms. The largest absolute Gasteiger partial charge is 0.510 e. The summed E-state index contributed by atoms with van der Waals surface area (Å²) in [5.74, 6) is -6.78. The minimum absolute atomic E-state index is 0.00775. The normalized spacial score (nSPS) is 30.4. The van der Waals surface area contributed by atoms with Crippen molar-refractivity contribution in [2.45, 2.75) is 76.1 Å². The summed E-state index contributed by atoms with van der Waals surface area (Å²) in [5, 5.41) is 44.5. The first-order valence-corrected chi connectivity index (χ1v) is 13.9. The molecule has 5 rings (SSSR count). The van der Waals surface area contributed by atoms with Gasteiger partial charge < -0.3 is 36.6 Å². The van der Waals surface area contributed by atoms with Gasteiger partial charge in [-0.3, -0.25) is 19.3 Å². The maximum absolute atomic E-state index is 13.9. The van der Waals surface area contributed by atoms with Gasteiger partial charge in [-0.25, -0.2) is 0 Å². The van der Waals surface area contributed by atoms with Crippen molar-refractivity contribution in [3.8, 4) is 11.5 Å². The molecule has 1 heterocycles. The zero-order valence-corrected chi connectivity index (χ0v) is 22.9. The summed E-state index contributed by atoms with van der Waals surface area (Å²) in [5.41, 5.74) is 8.77. The second kappa shape index (κ2) is 9.90. The molecular weight excluding hydrogens is 518 g/mol. The molecule has 40 heavy (non-hydrogen) atoms. The van der Waals surface area contributed by atoms with E-state index in [-0.39, 0.29) is 35.8 Å². The number of hydrogen-bond donors (Lipinski definition) is 6. The highest BCUT2D eigenvalue weighted by atomic mass is 16.5. The molecule has 5 atom stereocenters. The van der Waals surface area contributed by atoms with Crippen LogP contribution in [0.3, 0.4) is 0 Å². The SMILES string of the molecule is CCC(CC)N1CCC[C@H]1c1cc(O)c2c(c1OC)C[C@H]1C[C@H]3[C@H](N)C(O)=C(C(N)=O)C(=O)[C@@]3(O)C(O)=C1C2=O. The maximum atomic E-state index is 13.9. The number of nitrogens with two attached hydrogens (primary N) is 2. The van der Waals surface area contributed by atoms with E-state index in [1.165, 1.54) is 7.11 Å². The number of fused-ring (bicyclic) bond motifs is 3. The quantitative estimate of drug-likeness (QED) is 0.282. The molecule has 1 saturated heterocycles. The van der Waals surface area contributed by atoms with Crippen LogP contribution in [0.15, 0.2) is 28.7 Å². The molecule has 4 aliphatic rings. The van der Waals surface area contributed by atoms with Gasteiger partial charge in [-0.1, -0.05) is 13.8 Å². The van der Waals surface area contributed by atoms with E-state index in [1.807, 2.05) is 0 Å². The summed E-state index contributed by atoms with van der Waals surface area (Å²) >= 11 is 0. The van der Waals surface area contributed by atoms with Crippen LogP contribution in [0, 0.1) is 11.8 Å². The Bertz CT molecular complexity index is 1360. The van der Waals surface area contributed by atoms with Crippen LogP contribution in [0.4, 0.5) is 0 Å². The first-order chi connectivity index (χ1) is 18.9. The van der Waals surface area contributed by atoms with Gasteiger partial charge in [-0.15, -0.1) is 0 Å². The third kappa shape index (κ3) is 3.71. The smallest absolute Gasteiger partial charge is 0.255 e. The van der Waals surface area contributed by atoms with E-state index in [1.54, 1.807) is 6.07 Å². The average Bonchev–Trinajstić information content (AvgIpc) is 3.39. The molecule has 0 unspecified atom stereocenters. The zero-order valence-electron chi connectivity index (χ0n) is 22.9. The molecule has 0 saturated carbocycles. The molecule has 8 N–H and O–H groups in total. The molecule has 0 aromatic heterocycles. The lowest BCUT2D eigenvalue weighted by Crippen LogP contribution is -2.63. The minimum Gasteiger partial charge on any atom is -0.510 e. The number of ether oxygens (including phenoxy) is 1. The third-order valence-corrected chi connectivity index (χ3v) is 9.50. The number of aromatic hydroxyl groups is 1. The van der Waals surface area contributed by atoms with Crippen molar-refractivity contribution in [2.24, 2.45) is 23.3 Å². The number of ketones is 2. The van der Waals surface area contributed by atoms with Gasteiger partial charge in [-0.2, -0.15) is 0 Å². The number of phenolic OH excluding ortho intramolecular Hbond substituents is 1. The second-order valence-corrected chi connectivity index (χ2v) is 11.3. The Morgan fingerprint density at radius 2 is 1.90 bits per heavy atom. The second-order valence-electron chi connectivity index (χ2n) is 11.3. The lowest BCUT2D eigenvalue weighted by atomic mass is 9.59. The summed E-state index contributed by atoms with van der Waals surface area (Å²) < 4.78 is 5.89. The third-order valence-electron chi connectivity index (χ3n) is 9.50. The van der Waals surface area contributed by atoms with E-state index in [0.29, 0.717) is 17.4 Å². The number of hydrogen-bond acceptors (Lipinski definition) is 10. The van der Waals surface area contributed by atoms with Crippen molar-refractivity contribution >= 4 is 17.5 Å². The van der Waals surface area contributed by atoms with Crippen molar-refractivity contribution in [1.82, 2.24) is 4.90 Å². The zero-order chi connectivity index (χ0) is 29.3. The monoisotopic (exact) mass is 555 g/mol. The molecule has 1 fully saturated rings. The molecule has 1 aromatic carbocycles. The highest BCUT2D eigenvalue weighted by molar-refractivity contribution is 6.24. The van der Waals surface area contributed by atoms with Crippen LogP contribution in [-0.4, -0.2) is 74.1 Å². The number of methoxy groups -OCH3 is 1. The average molecular weight is 556 g/mol. The van der Waals surface area contributed by atoms with Gasteiger partial charge in [-0.05, 0) is 57.1 Å². The molecule has 3 aliphatic carbocycles. The van der Waals surface area contributed by atoms with E-state index in [9.17, 15) is 34.8 Å². The number of benzene rings is 1. The summed E-state index contributed by atoms with van der Waals surface area (Å²) in [6.07, 6.45) is 3.91. The van der Waals surface area contributed by atoms with Crippen molar-refractivity contribution < 1.29 is 39.5 Å². The van der Waals surface area contributed by atoms with Crippen molar-refractivity contribution in [3.63, 3.8) is 0 Å². The van der Waals surface area contributed by atoms with Gasteiger partial charge in [0.1, 0.15) is 28.6 Å². The van der Waals surface area contributed by atoms with Gasteiger partial charge in [0, 0.05) is 34.7 Å². The number of Topliss-reactive ketones (excluding diaryl/α,β-unsaturated/α-hetero) is 2. The van der Waals surface area contributed by atoms with E-state index in [2.05, 4.69) is 18.7 Å². The number of rotatable bonds is 6. The first kappa shape index (κ1) is 28.1. The van der Waals surface area contributed by atoms with E-state index >= 15 is 0 Å². The van der Waals surface area contributed by atoms with E-state index in [0.717, 1.165) is 37.8 Å². The van der Waals surface area contributed by atoms with Crippen LogP contribution >= 0.6 is 0 Å². The van der Waals surface area contributed by atoms with Gasteiger partial charge in [0.05, 0.1) is 18.7 Å². The fourth-order valence-electron chi connectivity index (χ4n) is 7.60. The van der Waals surface area contributed by atoms with Crippen LogP contribution in [-0.2, 0) is 16.0 Å². The first-order valence-electron chi connectivity index (χ1n) is 13.9. The molecule has 216 valence electrons. The number of phenols is 1. The lowest BCUT2D eigenvalue weighted by Gasteiger charge is -2.48. The van der Waals surface area contributed by atoms with Crippen LogP contribution < -0.4 is 16.2 Å². The predicted octanol–water partition coefficient (Wildman–Crippen LogP) is 1.85. The molecule has 11 heteroatoms. The molecule has 1 aromatic rings. The summed E-state index contributed by atoms with van der Waals surface area (Å²) in [4.78, 5) is 41.4. The number of carbonyl (C=O) groups is 3. The van der Waals surface area contributed by atoms with E-state index in [4.69, 9.17) is 16.2 Å². The Kier molecular flexibility index (Phi) is 6.96. The lowest BCUT2D eigenvalue weighted by molar-refractivity contribution is -0.145. The Labute approximate surface area is 232 Å². The number of primary amides is 1. The number of carbonyl (C=O) groups excluding carboxylic acids is 3. The van der Waals surface area contributed by atoms with Gasteiger partial charge in [0.25, 0.3) is 5.91 Å². The summed E-state index contributed by atoms with van der Waals surface area (Å²) in [6, 6.07) is 0.508.